The average molecular weight is 254 g/mol. The first-order valence-electron chi connectivity index (χ1n) is 7.76. The molecule has 1 atom stereocenters. The average Bonchev–Trinajstić information content (AvgIpc) is 3.21. The number of nitrogens with one attached hydrogen (secondary N) is 1. The SMILES string of the molecule is CCC1CCN(CCC(C)(CO)NC2CC2)CC1. The van der Waals surface area contributed by atoms with Crippen LogP contribution in [-0.2, 0) is 0 Å². The van der Waals surface area contributed by atoms with E-state index in [4.69, 9.17) is 0 Å². The van der Waals surface area contributed by atoms with Crippen LogP contribution in [0.1, 0.15) is 52.4 Å². The van der Waals surface area contributed by atoms with Crippen LogP contribution >= 0.6 is 0 Å². The van der Waals surface area contributed by atoms with Gasteiger partial charge in [-0.25, -0.2) is 0 Å². The molecule has 18 heavy (non-hydrogen) atoms. The van der Waals surface area contributed by atoms with Crippen molar-refractivity contribution in [1.29, 1.82) is 0 Å². The number of nitrogens with zero attached hydrogens (tertiary/aromatic N) is 1. The zero-order valence-electron chi connectivity index (χ0n) is 12.1. The number of aliphatic hydroxyl groups excluding tert-OH is 1. The van der Waals surface area contributed by atoms with E-state index in [1.807, 2.05) is 0 Å². The summed E-state index contributed by atoms with van der Waals surface area (Å²) in [6, 6.07) is 0.674. The number of aliphatic hydroxyl groups is 1. The molecule has 1 saturated heterocycles. The standard InChI is InChI=1S/C15H30N2O/c1-3-13-6-9-17(10-7-13)11-8-15(2,12-18)16-14-4-5-14/h13-14,16,18H,3-12H2,1-2H3. The molecular weight excluding hydrogens is 224 g/mol. The van der Waals surface area contributed by atoms with Gasteiger partial charge in [0.25, 0.3) is 0 Å². The molecule has 2 aliphatic rings. The Bertz CT molecular complexity index is 247. The second-order valence-electron chi connectivity index (χ2n) is 6.58. The molecule has 0 radical (unpaired) electrons. The lowest BCUT2D eigenvalue weighted by atomic mass is 9.93. The van der Waals surface area contributed by atoms with Crippen molar-refractivity contribution in [2.24, 2.45) is 5.92 Å². The van der Waals surface area contributed by atoms with E-state index in [-0.39, 0.29) is 12.1 Å². The summed E-state index contributed by atoms with van der Waals surface area (Å²) >= 11 is 0. The molecule has 2 fully saturated rings. The van der Waals surface area contributed by atoms with E-state index in [0.29, 0.717) is 6.04 Å². The highest BCUT2D eigenvalue weighted by atomic mass is 16.3. The predicted molar refractivity (Wildman–Crippen MR) is 75.7 cm³/mol. The minimum Gasteiger partial charge on any atom is -0.394 e. The largest absolute Gasteiger partial charge is 0.394 e. The Morgan fingerprint density at radius 1 is 1.22 bits per heavy atom. The first-order chi connectivity index (χ1) is 8.65. The summed E-state index contributed by atoms with van der Waals surface area (Å²) in [5, 5.41) is 13.2. The fourth-order valence-corrected chi connectivity index (χ4v) is 2.94. The Labute approximate surface area is 112 Å². The molecule has 0 amide bonds. The van der Waals surface area contributed by atoms with Crippen LogP contribution in [0.15, 0.2) is 0 Å². The van der Waals surface area contributed by atoms with Gasteiger partial charge in [-0.2, -0.15) is 0 Å². The van der Waals surface area contributed by atoms with E-state index >= 15 is 0 Å². The highest BCUT2D eigenvalue weighted by Crippen LogP contribution is 2.25. The molecule has 3 nitrogen and oxygen atoms in total. The number of piperidine rings is 1. The summed E-state index contributed by atoms with van der Waals surface area (Å²) in [5.41, 5.74) is -0.0667. The van der Waals surface area contributed by atoms with E-state index in [9.17, 15) is 5.11 Å². The molecule has 106 valence electrons. The van der Waals surface area contributed by atoms with Crippen LogP contribution in [0.5, 0.6) is 0 Å². The van der Waals surface area contributed by atoms with Crippen molar-refractivity contribution in [3.8, 4) is 0 Å². The molecule has 2 N–H and O–H groups in total. The fraction of sp³-hybridized carbons (Fsp3) is 1.00. The van der Waals surface area contributed by atoms with Crippen molar-refractivity contribution in [2.75, 3.05) is 26.2 Å². The van der Waals surface area contributed by atoms with Crippen LogP contribution in [0.3, 0.4) is 0 Å². The van der Waals surface area contributed by atoms with Crippen LogP contribution in [-0.4, -0.2) is 47.8 Å². The van der Waals surface area contributed by atoms with Gasteiger partial charge in [-0.1, -0.05) is 13.3 Å². The molecule has 1 heterocycles. The van der Waals surface area contributed by atoms with Gasteiger partial charge < -0.3 is 15.3 Å². The number of likely N-dealkylation sites (tertiary alicyclic amines) is 1. The molecule has 0 spiro atoms. The smallest absolute Gasteiger partial charge is 0.0611 e. The van der Waals surface area contributed by atoms with E-state index < -0.39 is 0 Å². The summed E-state index contributed by atoms with van der Waals surface area (Å²) in [5.74, 6) is 0.954. The minimum absolute atomic E-state index is 0.0667. The van der Waals surface area contributed by atoms with Gasteiger partial charge in [0.1, 0.15) is 0 Å². The molecule has 1 aliphatic heterocycles. The van der Waals surface area contributed by atoms with Crippen LogP contribution in [0.2, 0.25) is 0 Å². The van der Waals surface area contributed by atoms with Crippen LogP contribution in [0.25, 0.3) is 0 Å². The van der Waals surface area contributed by atoms with Gasteiger partial charge in [0.15, 0.2) is 0 Å². The zero-order chi connectivity index (χ0) is 13.0. The molecule has 3 heteroatoms. The molecule has 0 aromatic rings. The predicted octanol–water partition coefficient (Wildman–Crippen LogP) is 2.00. The Kier molecular flexibility index (Phi) is 5.05. The van der Waals surface area contributed by atoms with Gasteiger partial charge in [-0.15, -0.1) is 0 Å². The third-order valence-electron chi connectivity index (χ3n) is 4.74. The summed E-state index contributed by atoms with van der Waals surface area (Å²) in [6.45, 7) is 8.38. The monoisotopic (exact) mass is 254 g/mol. The lowest BCUT2D eigenvalue weighted by Gasteiger charge is -2.35. The maximum absolute atomic E-state index is 9.59. The highest BCUT2D eigenvalue weighted by Gasteiger charge is 2.32. The highest BCUT2D eigenvalue weighted by molar-refractivity contribution is 4.93. The van der Waals surface area contributed by atoms with E-state index in [2.05, 4.69) is 24.1 Å². The third kappa shape index (κ3) is 4.22. The molecule has 0 bridgehead atoms. The maximum atomic E-state index is 9.59. The van der Waals surface area contributed by atoms with Gasteiger partial charge in [0.2, 0.25) is 0 Å². The second kappa shape index (κ2) is 6.36. The number of rotatable bonds is 7. The molecular formula is C15H30N2O. The van der Waals surface area contributed by atoms with E-state index in [1.54, 1.807) is 0 Å². The van der Waals surface area contributed by atoms with Crippen molar-refractivity contribution in [3.63, 3.8) is 0 Å². The van der Waals surface area contributed by atoms with E-state index in [1.165, 1.54) is 45.2 Å². The molecule has 0 aromatic carbocycles. The summed E-state index contributed by atoms with van der Waals surface area (Å²) in [7, 11) is 0. The lowest BCUT2D eigenvalue weighted by molar-refractivity contribution is 0.125. The van der Waals surface area contributed by atoms with Crippen molar-refractivity contribution in [3.05, 3.63) is 0 Å². The summed E-state index contributed by atoms with van der Waals surface area (Å²) < 4.78 is 0. The summed E-state index contributed by atoms with van der Waals surface area (Å²) in [6.07, 6.45) is 7.71. The molecule has 2 rings (SSSR count). The van der Waals surface area contributed by atoms with Crippen molar-refractivity contribution in [1.82, 2.24) is 10.2 Å². The number of hydrogen-bond donors (Lipinski definition) is 2. The number of hydrogen-bond acceptors (Lipinski definition) is 3. The van der Waals surface area contributed by atoms with Gasteiger partial charge in [0, 0.05) is 11.6 Å². The van der Waals surface area contributed by atoms with Crippen LogP contribution in [0, 0.1) is 5.92 Å². The van der Waals surface area contributed by atoms with Crippen LogP contribution in [0.4, 0.5) is 0 Å². The van der Waals surface area contributed by atoms with Gasteiger partial charge in [-0.3, -0.25) is 0 Å². The Hall–Kier alpha value is -0.120. The Morgan fingerprint density at radius 2 is 1.89 bits per heavy atom. The fourth-order valence-electron chi connectivity index (χ4n) is 2.94. The van der Waals surface area contributed by atoms with Crippen molar-refractivity contribution >= 4 is 0 Å². The quantitative estimate of drug-likeness (QED) is 0.729. The molecule has 1 saturated carbocycles. The molecule has 0 aromatic heterocycles. The maximum Gasteiger partial charge on any atom is 0.0611 e. The first kappa shape index (κ1) is 14.3. The normalized spacial score (nSPS) is 26.2. The van der Waals surface area contributed by atoms with Gasteiger partial charge in [-0.05, 0) is 64.6 Å². The van der Waals surface area contributed by atoms with E-state index in [0.717, 1.165) is 18.9 Å². The Morgan fingerprint density at radius 3 is 2.39 bits per heavy atom. The second-order valence-corrected chi connectivity index (χ2v) is 6.58. The van der Waals surface area contributed by atoms with Crippen LogP contribution < -0.4 is 5.32 Å². The lowest BCUT2D eigenvalue weighted by Crippen LogP contribution is -2.49. The molecule has 1 unspecified atom stereocenters. The first-order valence-corrected chi connectivity index (χ1v) is 7.76. The minimum atomic E-state index is -0.0667. The molecule has 1 aliphatic carbocycles. The van der Waals surface area contributed by atoms with Crippen molar-refractivity contribution < 1.29 is 5.11 Å². The zero-order valence-corrected chi connectivity index (χ0v) is 12.1. The third-order valence-corrected chi connectivity index (χ3v) is 4.74. The Balaban J connectivity index is 1.69. The van der Waals surface area contributed by atoms with Gasteiger partial charge >= 0.3 is 0 Å². The topological polar surface area (TPSA) is 35.5 Å². The van der Waals surface area contributed by atoms with Gasteiger partial charge in [0.05, 0.1) is 6.61 Å². The summed E-state index contributed by atoms with van der Waals surface area (Å²) in [4.78, 5) is 2.58. The van der Waals surface area contributed by atoms with Crippen molar-refractivity contribution in [2.45, 2.75) is 64.0 Å².